The standard InChI is InChI=1S/C26H27NO2S/c1-19-11-13-22(14-12-19)30(28,29)27-18-17-24(21-7-3-2-4-8-21)26-23(15-16-25(26)27)20-9-5-6-10-20/h2-4,7-8,11-18,24-26H,5-6,9-10H2,1H3/t24-,25+,26+/m0/s1. The molecule has 1 saturated carbocycles. The Morgan fingerprint density at radius 2 is 1.60 bits per heavy atom. The molecule has 0 unspecified atom stereocenters. The summed E-state index contributed by atoms with van der Waals surface area (Å²) in [5, 5.41) is 0. The van der Waals surface area contributed by atoms with Crippen molar-refractivity contribution in [2.75, 3.05) is 0 Å². The smallest absolute Gasteiger partial charge is 0.264 e. The van der Waals surface area contributed by atoms with Gasteiger partial charge in [0.25, 0.3) is 10.0 Å². The third-order valence-corrected chi connectivity index (χ3v) is 8.51. The van der Waals surface area contributed by atoms with Crippen LogP contribution < -0.4 is 0 Å². The van der Waals surface area contributed by atoms with E-state index in [1.807, 2.05) is 25.1 Å². The Balaban J connectivity index is 1.60. The fraction of sp³-hybridized carbons (Fsp3) is 0.308. The van der Waals surface area contributed by atoms with Crippen molar-refractivity contribution in [2.45, 2.75) is 49.5 Å². The number of hydrogen-bond donors (Lipinski definition) is 0. The Bertz CT molecular complexity index is 1120. The lowest BCUT2D eigenvalue weighted by molar-refractivity contribution is 0.338. The third kappa shape index (κ3) is 3.24. The lowest BCUT2D eigenvalue weighted by Crippen LogP contribution is -2.43. The third-order valence-electron chi connectivity index (χ3n) is 6.72. The van der Waals surface area contributed by atoms with Crippen LogP contribution in [0.25, 0.3) is 0 Å². The quantitative estimate of drug-likeness (QED) is 0.640. The first kappa shape index (κ1) is 19.4. The van der Waals surface area contributed by atoms with E-state index in [2.05, 4.69) is 42.5 Å². The van der Waals surface area contributed by atoms with E-state index in [0.29, 0.717) is 4.90 Å². The molecule has 0 radical (unpaired) electrons. The molecule has 1 aliphatic heterocycles. The van der Waals surface area contributed by atoms with Gasteiger partial charge < -0.3 is 0 Å². The highest BCUT2D eigenvalue weighted by Crippen LogP contribution is 2.48. The van der Waals surface area contributed by atoms with Crippen LogP contribution in [-0.2, 0) is 10.0 Å². The van der Waals surface area contributed by atoms with Gasteiger partial charge in [-0.2, -0.15) is 0 Å². The molecule has 5 rings (SSSR count). The number of sulfonamides is 1. The van der Waals surface area contributed by atoms with Crippen LogP contribution in [0.1, 0.15) is 42.7 Å². The maximum Gasteiger partial charge on any atom is 0.264 e. The van der Waals surface area contributed by atoms with Crippen molar-refractivity contribution < 1.29 is 8.42 Å². The van der Waals surface area contributed by atoms with Crippen molar-refractivity contribution in [3.05, 3.63) is 101 Å². The zero-order valence-electron chi connectivity index (χ0n) is 17.2. The molecule has 3 aliphatic rings. The Morgan fingerprint density at radius 3 is 2.30 bits per heavy atom. The second kappa shape index (κ2) is 7.59. The van der Waals surface area contributed by atoms with Crippen molar-refractivity contribution in [1.29, 1.82) is 0 Å². The van der Waals surface area contributed by atoms with Crippen LogP contribution in [0, 0.1) is 12.8 Å². The molecule has 154 valence electrons. The lowest BCUT2D eigenvalue weighted by atomic mass is 9.77. The fourth-order valence-electron chi connectivity index (χ4n) is 5.17. The molecule has 0 aromatic heterocycles. The van der Waals surface area contributed by atoms with Gasteiger partial charge in [-0.25, -0.2) is 8.42 Å². The lowest BCUT2D eigenvalue weighted by Gasteiger charge is -2.39. The molecule has 0 spiro atoms. The Hall–Kier alpha value is -2.59. The summed E-state index contributed by atoms with van der Waals surface area (Å²) < 4.78 is 28.7. The largest absolute Gasteiger partial charge is 0.266 e. The highest BCUT2D eigenvalue weighted by molar-refractivity contribution is 7.89. The molecule has 2 aliphatic carbocycles. The molecule has 30 heavy (non-hydrogen) atoms. The van der Waals surface area contributed by atoms with Gasteiger partial charge in [-0.15, -0.1) is 0 Å². The monoisotopic (exact) mass is 417 g/mol. The average molecular weight is 418 g/mol. The first-order valence-corrected chi connectivity index (χ1v) is 12.2. The Labute approximate surface area is 179 Å². The second-order valence-corrected chi connectivity index (χ2v) is 10.4. The van der Waals surface area contributed by atoms with Crippen LogP contribution in [-0.4, -0.2) is 18.8 Å². The van der Waals surface area contributed by atoms with E-state index in [4.69, 9.17) is 0 Å². The summed E-state index contributed by atoms with van der Waals surface area (Å²) in [6, 6.07) is 17.5. The number of benzene rings is 2. The van der Waals surface area contributed by atoms with Gasteiger partial charge in [0.15, 0.2) is 0 Å². The Kier molecular flexibility index (Phi) is 4.90. The molecular formula is C26H27NO2S. The van der Waals surface area contributed by atoms with E-state index in [0.717, 1.165) is 18.4 Å². The van der Waals surface area contributed by atoms with Crippen molar-refractivity contribution in [3.8, 4) is 0 Å². The van der Waals surface area contributed by atoms with Gasteiger partial charge in [0.05, 0.1) is 10.9 Å². The topological polar surface area (TPSA) is 37.4 Å². The molecule has 0 saturated heterocycles. The molecular weight excluding hydrogens is 390 g/mol. The molecule has 1 heterocycles. The number of rotatable bonds is 3. The summed E-state index contributed by atoms with van der Waals surface area (Å²) in [7, 11) is -3.61. The van der Waals surface area contributed by atoms with Crippen LogP contribution in [0.4, 0.5) is 0 Å². The van der Waals surface area contributed by atoms with Gasteiger partial charge in [0.1, 0.15) is 0 Å². The minimum Gasteiger partial charge on any atom is -0.266 e. The second-order valence-electron chi connectivity index (χ2n) is 8.57. The summed E-state index contributed by atoms with van der Waals surface area (Å²) in [4.78, 5) is 0.352. The van der Waals surface area contributed by atoms with E-state index in [9.17, 15) is 8.42 Å². The summed E-state index contributed by atoms with van der Waals surface area (Å²) in [5.41, 5.74) is 5.18. The maximum atomic E-state index is 13.5. The first-order valence-electron chi connectivity index (χ1n) is 10.8. The summed E-state index contributed by atoms with van der Waals surface area (Å²) >= 11 is 0. The fourth-order valence-corrected chi connectivity index (χ4v) is 6.65. The number of allylic oxidation sites excluding steroid dienone is 3. The van der Waals surface area contributed by atoms with Gasteiger partial charge in [-0.1, -0.05) is 71.8 Å². The van der Waals surface area contributed by atoms with E-state index >= 15 is 0 Å². The van der Waals surface area contributed by atoms with Crippen molar-refractivity contribution >= 4 is 10.0 Å². The average Bonchev–Trinajstić information content (AvgIpc) is 3.44. The van der Waals surface area contributed by atoms with Gasteiger partial charge in [0.2, 0.25) is 0 Å². The normalized spacial score (nSPS) is 25.8. The predicted molar refractivity (Wildman–Crippen MR) is 120 cm³/mol. The number of fused-ring (bicyclic) bond motifs is 1. The highest BCUT2D eigenvalue weighted by atomic mass is 32.2. The van der Waals surface area contributed by atoms with Gasteiger partial charge in [-0.05, 0) is 55.9 Å². The zero-order valence-corrected chi connectivity index (χ0v) is 18.1. The molecule has 4 heteroatoms. The first-order chi connectivity index (χ1) is 14.6. The number of hydrogen-bond acceptors (Lipinski definition) is 2. The zero-order chi connectivity index (χ0) is 20.7. The van der Waals surface area contributed by atoms with Crippen LogP contribution in [0.2, 0.25) is 0 Å². The van der Waals surface area contributed by atoms with Crippen molar-refractivity contribution in [1.82, 2.24) is 4.31 Å². The van der Waals surface area contributed by atoms with Crippen LogP contribution >= 0.6 is 0 Å². The maximum absolute atomic E-state index is 13.5. The summed E-state index contributed by atoms with van der Waals surface area (Å²) in [5.74, 6) is 0.310. The number of aryl methyl sites for hydroxylation is 1. The minimum absolute atomic E-state index is 0.130. The molecule has 0 amide bonds. The minimum atomic E-state index is -3.61. The van der Waals surface area contributed by atoms with Gasteiger partial charge in [0, 0.05) is 18.0 Å². The van der Waals surface area contributed by atoms with E-state index in [1.54, 1.807) is 22.6 Å². The van der Waals surface area contributed by atoms with Crippen molar-refractivity contribution in [2.24, 2.45) is 5.92 Å². The van der Waals surface area contributed by atoms with Crippen LogP contribution in [0.15, 0.2) is 95.1 Å². The van der Waals surface area contributed by atoms with Crippen LogP contribution in [0.3, 0.4) is 0 Å². The SMILES string of the molecule is Cc1ccc(S(=O)(=O)N2C=C[C@@H](c3ccccc3)[C@H]3C(=C4CCCC4)C=C[C@H]32)cc1. The summed E-state index contributed by atoms with van der Waals surface area (Å²) in [6.45, 7) is 1.97. The molecule has 0 N–H and O–H groups in total. The highest BCUT2D eigenvalue weighted by Gasteiger charge is 2.44. The molecule has 1 fully saturated rings. The van der Waals surface area contributed by atoms with E-state index < -0.39 is 10.0 Å². The molecule has 2 aromatic rings. The van der Waals surface area contributed by atoms with Crippen LogP contribution in [0.5, 0.6) is 0 Å². The van der Waals surface area contributed by atoms with E-state index in [-0.39, 0.29) is 17.9 Å². The predicted octanol–water partition coefficient (Wildman–Crippen LogP) is 5.72. The molecule has 3 atom stereocenters. The molecule has 3 nitrogen and oxygen atoms in total. The van der Waals surface area contributed by atoms with Gasteiger partial charge >= 0.3 is 0 Å². The van der Waals surface area contributed by atoms with Gasteiger partial charge in [-0.3, -0.25) is 4.31 Å². The van der Waals surface area contributed by atoms with Crippen molar-refractivity contribution in [3.63, 3.8) is 0 Å². The number of nitrogens with zero attached hydrogens (tertiary/aromatic N) is 1. The Morgan fingerprint density at radius 1 is 0.900 bits per heavy atom. The summed E-state index contributed by atoms with van der Waals surface area (Å²) in [6.07, 6.45) is 12.9. The van der Waals surface area contributed by atoms with E-state index in [1.165, 1.54) is 29.6 Å². The molecule has 0 bridgehead atoms. The molecule has 2 aromatic carbocycles.